The first-order chi connectivity index (χ1) is 9.72. The summed E-state index contributed by atoms with van der Waals surface area (Å²) in [6, 6.07) is 6.86. The fourth-order valence-corrected chi connectivity index (χ4v) is 3.40. The average molecular weight is 333 g/mol. The molecule has 0 aliphatic carbocycles. The summed E-state index contributed by atoms with van der Waals surface area (Å²) in [6.45, 7) is 1.34. The molecule has 1 aliphatic rings. The van der Waals surface area contributed by atoms with Crippen LogP contribution < -0.4 is 5.73 Å². The van der Waals surface area contributed by atoms with Crippen molar-refractivity contribution in [1.82, 2.24) is 4.90 Å². The van der Waals surface area contributed by atoms with Crippen LogP contribution in [0.1, 0.15) is 25.7 Å². The third kappa shape index (κ3) is 5.16. The zero-order valence-corrected chi connectivity index (χ0v) is 13.6. The van der Waals surface area contributed by atoms with Gasteiger partial charge in [-0.1, -0.05) is 12.1 Å². The lowest BCUT2D eigenvalue weighted by Gasteiger charge is -2.35. The molecular formula is C15H22ClFN2OS. The van der Waals surface area contributed by atoms with E-state index in [1.54, 1.807) is 12.1 Å². The number of nitrogens with two attached hydrogens (primary N) is 1. The Morgan fingerprint density at radius 1 is 1.38 bits per heavy atom. The van der Waals surface area contributed by atoms with Crippen molar-refractivity contribution in [3.63, 3.8) is 0 Å². The van der Waals surface area contributed by atoms with Crippen molar-refractivity contribution >= 4 is 30.1 Å². The Morgan fingerprint density at radius 2 is 2.14 bits per heavy atom. The highest BCUT2D eigenvalue weighted by Crippen LogP contribution is 2.23. The van der Waals surface area contributed by atoms with E-state index < -0.39 is 0 Å². The van der Waals surface area contributed by atoms with Gasteiger partial charge in [0.15, 0.2) is 0 Å². The third-order valence-corrected chi connectivity index (χ3v) is 4.68. The summed E-state index contributed by atoms with van der Waals surface area (Å²) in [5, 5.41) is 0. The minimum absolute atomic E-state index is 0. The summed E-state index contributed by atoms with van der Waals surface area (Å²) in [6.07, 6.45) is 3.65. The van der Waals surface area contributed by atoms with Crippen LogP contribution in [-0.4, -0.2) is 35.7 Å². The van der Waals surface area contributed by atoms with Crippen molar-refractivity contribution in [2.45, 2.75) is 36.6 Å². The van der Waals surface area contributed by atoms with Gasteiger partial charge >= 0.3 is 0 Å². The molecule has 1 fully saturated rings. The molecule has 6 heteroatoms. The molecule has 0 bridgehead atoms. The smallest absolute Gasteiger partial charge is 0.223 e. The molecule has 0 aromatic heterocycles. The normalized spacial score (nSPS) is 18.2. The molecule has 1 saturated heterocycles. The van der Waals surface area contributed by atoms with Gasteiger partial charge in [0.1, 0.15) is 5.82 Å². The molecule has 3 nitrogen and oxygen atoms in total. The molecule has 21 heavy (non-hydrogen) atoms. The summed E-state index contributed by atoms with van der Waals surface area (Å²) in [4.78, 5) is 14.7. The molecule has 1 aromatic rings. The topological polar surface area (TPSA) is 46.3 Å². The van der Waals surface area contributed by atoms with Crippen molar-refractivity contribution in [3.05, 3.63) is 30.1 Å². The third-order valence-electron chi connectivity index (χ3n) is 3.63. The van der Waals surface area contributed by atoms with Gasteiger partial charge in [-0.2, -0.15) is 0 Å². The van der Waals surface area contributed by atoms with Gasteiger partial charge in [0.25, 0.3) is 0 Å². The second-order valence-electron chi connectivity index (χ2n) is 5.00. The number of rotatable bonds is 5. The Bertz CT molecular complexity index is 461. The summed E-state index contributed by atoms with van der Waals surface area (Å²) in [7, 11) is 0. The number of hydrogen-bond acceptors (Lipinski definition) is 3. The molecule has 2 N–H and O–H groups in total. The van der Waals surface area contributed by atoms with Crippen molar-refractivity contribution in [2.75, 3.05) is 18.8 Å². The van der Waals surface area contributed by atoms with Crippen molar-refractivity contribution < 1.29 is 9.18 Å². The molecule has 1 amide bonds. The average Bonchev–Trinajstić information content (AvgIpc) is 2.49. The summed E-state index contributed by atoms with van der Waals surface area (Å²) in [5.41, 5.74) is 5.72. The number of likely N-dealkylation sites (tertiary alicyclic amines) is 1. The van der Waals surface area contributed by atoms with Crippen LogP contribution in [0.2, 0.25) is 0 Å². The van der Waals surface area contributed by atoms with Crippen LogP contribution in [0.4, 0.5) is 4.39 Å². The number of amides is 1. The lowest BCUT2D eigenvalue weighted by Crippen LogP contribution is -2.47. The molecule has 118 valence electrons. The molecule has 0 radical (unpaired) electrons. The second-order valence-corrected chi connectivity index (χ2v) is 6.14. The Kier molecular flexibility index (Phi) is 8.07. The van der Waals surface area contributed by atoms with E-state index in [0.717, 1.165) is 25.8 Å². The van der Waals surface area contributed by atoms with Gasteiger partial charge in [-0.05, 0) is 31.4 Å². The van der Waals surface area contributed by atoms with Crippen LogP contribution in [0.3, 0.4) is 0 Å². The highest BCUT2D eigenvalue weighted by Gasteiger charge is 2.24. The van der Waals surface area contributed by atoms with E-state index in [4.69, 9.17) is 5.73 Å². The van der Waals surface area contributed by atoms with E-state index in [9.17, 15) is 9.18 Å². The first kappa shape index (κ1) is 18.3. The standard InChI is InChI=1S/C15H21FN2OS.ClH/c16-13-6-1-2-7-14(13)20-10-8-15(19)18-9-4-3-5-12(18)11-17;/h1-2,6-7,12H,3-5,8-11,17H2;1H. The molecule has 1 aromatic carbocycles. The van der Waals surface area contributed by atoms with Gasteiger partial charge in [0.2, 0.25) is 5.91 Å². The number of carbonyl (C=O) groups excluding carboxylic acids is 1. The number of hydrogen-bond donors (Lipinski definition) is 1. The van der Waals surface area contributed by atoms with Crippen LogP contribution in [-0.2, 0) is 4.79 Å². The molecule has 1 heterocycles. The number of halogens is 2. The van der Waals surface area contributed by atoms with Gasteiger partial charge in [-0.15, -0.1) is 24.2 Å². The van der Waals surface area contributed by atoms with E-state index in [0.29, 0.717) is 23.6 Å². The Labute approximate surface area is 135 Å². The summed E-state index contributed by atoms with van der Waals surface area (Å²) < 4.78 is 13.5. The monoisotopic (exact) mass is 332 g/mol. The van der Waals surface area contributed by atoms with Crippen LogP contribution in [0, 0.1) is 5.82 Å². The molecule has 1 atom stereocenters. The molecule has 0 saturated carbocycles. The van der Waals surface area contributed by atoms with Gasteiger partial charge in [0, 0.05) is 36.2 Å². The molecule has 1 aliphatic heterocycles. The van der Waals surface area contributed by atoms with Crippen LogP contribution in [0.25, 0.3) is 0 Å². The minimum atomic E-state index is -0.220. The first-order valence-electron chi connectivity index (χ1n) is 7.09. The predicted octanol–water partition coefficient (Wildman–Crippen LogP) is 3.07. The van der Waals surface area contributed by atoms with Crippen molar-refractivity contribution in [2.24, 2.45) is 5.73 Å². The summed E-state index contributed by atoms with van der Waals surface area (Å²) in [5.74, 6) is 0.528. The lowest BCUT2D eigenvalue weighted by atomic mass is 10.0. The SMILES string of the molecule is Cl.NCC1CCCCN1C(=O)CCSc1ccccc1F. The highest BCUT2D eigenvalue weighted by atomic mass is 35.5. The fourth-order valence-electron chi connectivity index (χ4n) is 2.53. The number of benzene rings is 1. The van der Waals surface area contributed by atoms with Crippen LogP contribution in [0.5, 0.6) is 0 Å². The number of piperidine rings is 1. The van der Waals surface area contributed by atoms with E-state index in [2.05, 4.69) is 0 Å². The first-order valence-corrected chi connectivity index (χ1v) is 8.08. The highest BCUT2D eigenvalue weighted by molar-refractivity contribution is 7.99. The molecular weight excluding hydrogens is 311 g/mol. The largest absolute Gasteiger partial charge is 0.338 e. The number of thioether (sulfide) groups is 1. The Hall–Kier alpha value is -0.780. The van der Waals surface area contributed by atoms with Crippen molar-refractivity contribution in [3.8, 4) is 0 Å². The van der Waals surface area contributed by atoms with Crippen LogP contribution >= 0.6 is 24.2 Å². The van der Waals surface area contributed by atoms with Crippen LogP contribution in [0.15, 0.2) is 29.2 Å². The molecule has 1 unspecified atom stereocenters. The zero-order chi connectivity index (χ0) is 14.4. The minimum Gasteiger partial charge on any atom is -0.338 e. The summed E-state index contributed by atoms with van der Waals surface area (Å²) >= 11 is 1.39. The maximum absolute atomic E-state index is 13.5. The van der Waals surface area contributed by atoms with E-state index in [1.807, 2.05) is 11.0 Å². The van der Waals surface area contributed by atoms with E-state index >= 15 is 0 Å². The number of nitrogens with zero attached hydrogens (tertiary/aromatic N) is 1. The molecule has 0 spiro atoms. The van der Waals surface area contributed by atoms with E-state index in [1.165, 1.54) is 17.8 Å². The van der Waals surface area contributed by atoms with Gasteiger partial charge < -0.3 is 10.6 Å². The molecule has 2 rings (SSSR count). The fraction of sp³-hybridized carbons (Fsp3) is 0.533. The van der Waals surface area contributed by atoms with Gasteiger partial charge in [0.05, 0.1) is 0 Å². The predicted molar refractivity (Wildman–Crippen MR) is 87.4 cm³/mol. The van der Waals surface area contributed by atoms with E-state index in [-0.39, 0.29) is 30.2 Å². The maximum Gasteiger partial charge on any atom is 0.223 e. The van der Waals surface area contributed by atoms with Crippen molar-refractivity contribution in [1.29, 1.82) is 0 Å². The Morgan fingerprint density at radius 3 is 2.86 bits per heavy atom. The Balaban J connectivity index is 0.00000220. The zero-order valence-electron chi connectivity index (χ0n) is 12.0. The maximum atomic E-state index is 13.5. The van der Waals surface area contributed by atoms with Gasteiger partial charge in [-0.3, -0.25) is 4.79 Å². The number of carbonyl (C=O) groups is 1. The quantitative estimate of drug-likeness (QED) is 0.843. The van der Waals surface area contributed by atoms with Gasteiger partial charge in [-0.25, -0.2) is 4.39 Å². The second kappa shape index (κ2) is 9.28. The lowest BCUT2D eigenvalue weighted by molar-refractivity contribution is -0.134.